The van der Waals surface area contributed by atoms with E-state index in [-0.39, 0.29) is 10.8 Å². The molecule has 0 aliphatic heterocycles. The summed E-state index contributed by atoms with van der Waals surface area (Å²) in [6.07, 6.45) is 9.06. The van der Waals surface area contributed by atoms with Gasteiger partial charge in [-0.2, -0.15) is 0 Å². The maximum absolute atomic E-state index is 2.52. The summed E-state index contributed by atoms with van der Waals surface area (Å²) in [5.74, 6) is 0. The molecule has 0 amide bonds. The number of anilines is 3. The predicted molar refractivity (Wildman–Crippen MR) is 214 cm³/mol. The summed E-state index contributed by atoms with van der Waals surface area (Å²) in [4.78, 5) is 2.49. The van der Waals surface area contributed by atoms with Crippen molar-refractivity contribution >= 4 is 17.1 Å². The lowest BCUT2D eigenvalue weighted by Crippen LogP contribution is -2.21. The Kier molecular flexibility index (Phi) is 8.47. The SMILES string of the molecule is CCCCCCCCC1(C)c2ccccc2-c2ccc(N(c3ccc(-c4ccccc4)cc3)c3ccc4c(c3)C(C)(C)c3ccccc3-4)cc21. The molecule has 2 aliphatic rings. The molecule has 1 unspecified atom stereocenters. The zero-order valence-electron chi connectivity index (χ0n) is 30.2. The molecule has 50 heavy (non-hydrogen) atoms. The quantitative estimate of drug-likeness (QED) is 0.126. The van der Waals surface area contributed by atoms with Crippen molar-refractivity contribution in [2.75, 3.05) is 4.90 Å². The molecule has 0 radical (unpaired) electrons. The molecular formula is C49H49N. The summed E-state index contributed by atoms with van der Waals surface area (Å²) in [7, 11) is 0. The molecule has 250 valence electrons. The van der Waals surface area contributed by atoms with Gasteiger partial charge in [-0.25, -0.2) is 0 Å². The Morgan fingerprint density at radius 3 is 1.62 bits per heavy atom. The lowest BCUT2D eigenvalue weighted by atomic mass is 9.76. The van der Waals surface area contributed by atoms with E-state index in [1.807, 2.05) is 0 Å². The van der Waals surface area contributed by atoms with Gasteiger partial charge in [0.05, 0.1) is 0 Å². The van der Waals surface area contributed by atoms with E-state index in [1.54, 1.807) is 0 Å². The van der Waals surface area contributed by atoms with Gasteiger partial charge in [-0.15, -0.1) is 0 Å². The van der Waals surface area contributed by atoms with Gasteiger partial charge in [0.25, 0.3) is 0 Å². The minimum Gasteiger partial charge on any atom is -0.310 e. The van der Waals surface area contributed by atoms with Crippen LogP contribution in [0.3, 0.4) is 0 Å². The Bertz CT molecular complexity index is 2140. The topological polar surface area (TPSA) is 3.24 Å². The minimum absolute atomic E-state index is 0.0168. The molecular weight excluding hydrogens is 603 g/mol. The van der Waals surface area contributed by atoms with Crippen LogP contribution < -0.4 is 4.90 Å². The molecule has 0 saturated carbocycles. The highest BCUT2D eigenvalue weighted by molar-refractivity contribution is 5.88. The molecule has 0 fully saturated rings. The van der Waals surface area contributed by atoms with Crippen LogP contribution in [0.25, 0.3) is 33.4 Å². The molecule has 1 atom stereocenters. The smallest absolute Gasteiger partial charge is 0.0465 e. The van der Waals surface area contributed by atoms with E-state index in [9.17, 15) is 0 Å². The highest BCUT2D eigenvalue weighted by atomic mass is 15.1. The second kappa shape index (κ2) is 13.1. The minimum atomic E-state index is -0.0694. The van der Waals surface area contributed by atoms with E-state index in [2.05, 4.69) is 172 Å². The summed E-state index contributed by atoms with van der Waals surface area (Å²) in [6, 6.07) is 52.3. The van der Waals surface area contributed by atoms with Crippen molar-refractivity contribution in [1.29, 1.82) is 0 Å². The molecule has 6 aromatic rings. The summed E-state index contributed by atoms with van der Waals surface area (Å²) >= 11 is 0. The van der Waals surface area contributed by atoms with Gasteiger partial charge >= 0.3 is 0 Å². The second-order valence-corrected chi connectivity index (χ2v) is 15.3. The number of hydrogen-bond acceptors (Lipinski definition) is 1. The van der Waals surface area contributed by atoms with Gasteiger partial charge in [0.2, 0.25) is 0 Å². The molecule has 0 bridgehead atoms. The Morgan fingerprint density at radius 1 is 0.420 bits per heavy atom. The fourth-order valence-corrected chi connectivity index (χ4v) is 8.95. The van der Waals surface area contributed by atoms with Gasteiger partial charge in [0.15, 0.2) is 0 Å². The van der Waals surface area contributed by atoms with Crippen molar-refractivity contribution in [3.8, 4) is 33.4 Å². The second-order valence-electron chi connectivity index (χ2n) is 15.3. The molecule has 0 N–H and O–H groups in total. The third-order valence-electron chi connectivity index (χ3n) is 11.8. The van der Waals surface area contributed by atoms with Crippen molar-refractivity contribution in [3.63, 3.8) is 0 Å². The first-order chi connectivity index (χ1) is 24.4. The van der Waals surface area contributed by atoms with E-state index in [0.29, 0.717) is 0 Å². The Labute approximate surface area is 299 Å². The van der Waals surface area contributed by atoms with Gasteiger partial charge < -0.3 is 4.90 Å². The van der Waals surface area contributed by atoms with Gasteiger partial charge in [-0.1, -0.05) is 169 Å². The zero-order chi connectivity index (χ0) is 34.3. The predicted octanol–water partition coefficient (Wildman–Crippen LogP) is 14.2. The van der Waals surface area contributed by atoms with Gasteiger partial charge in [0, 0.05) is 27.9 Å². The fraction of sp³-hybridized carbons (Fsp3) is 0.265. The van der Waals surface area contributed by atoms with Gasteiger partial charge in [-0.05, 0) is 98.5 Å². The van der Waals surface area contributed by atoms with E-state index < -0.39 is 0 Å². The molecule has 6 aromatic carbocycles. The molecule has 0 heterocycles. The monoisotopic (exact) mass is 651 g/mol. The van der Waals surface area contributed by atoms with Crippen LogP contribution in [0.4, 0.5) is 17.1 Å². The molecule has 1 heteroatoms. The Morgan fingerprint density at radius 2 is 0.920 bits per heavy atom. The van der Waals surface area contributed by atoms with E-state index in [0.717, 1.165) is 0 Å². The fourth-order valence-electron chi connectivity index (χ4n) is 8.95. The van der Waals surface area contributed by atoms with Crippen molar-refractivity contribution in [2.24, 2.45) is 0 Å². The van der Waals surface area contributed by atoms with Crippen molar-refractivity contribution in [1.82, 2.24) is 0 Å². The largest absolute Gasteiger partial charge is 0.310 e. The van der Waals surface area contributed by atoms with Crippen molar-refractivity contribution in [2.45, 2.75) is 83.5 Å². The summed E-state index contributed by atoms with van der Waals surface area (Å²) in [6.45, 7) is 9.55. The Hall–Kier alpha value is -4.88. The molecule has 0 aromatic heterocycles. The summed E-state index contributed by atoms with van der Waals surface area (Å²) < 4.78 is 0. The lowest BCUT2D eigenvalue weighted by molar-refractivity contribution is 0.481. The molecule has 8 rings (SSSR count). The van der Waals surface area contributed by atoms with Crippen LogP contribution >= 0.6 is 0 Å². The molecule has 1 nitrogen and oxygen atoms in total. The summed E-state index contributed by atoms with van der Waals surface area (Å²) in [5.41, 5.74) is 17.2. The standard InChI is InChI=1S/C49H49N/c1-5-6-7-8-9-17-32-49(4)45-23-16-14-21-41(45)43-31-29-39(34-47(43)49)50(37-26-24-36(25-27-37)35-18-11-10-12-19-35)38-28-30-42-40-20-13-15-22-44(40)48(2,3)46(42)33-38/h10-16,18-31,33-34H,5-9,17,32H2,1-4H3. The third-order valence-corrected chi connectivity index (χ3v) is 11.8. The van der Waals surface area contributed by atoms with Crippen LogP contribution in [-0.2, 0) is 10.8 Å². The average Bonchev–Trinajstić information content (AvgIpc) is 3.54. The molecule has 0 spiro atoms. The number of benzene rings is 6. The van der Waals surface area contributed by atoms with Crippen LogP contribution in [-0.4, -0.2) is 0 Å². The number of fused-ring (bicyclic) bond motifs is 6. The number of unbranched alkanes of at least 4 members (excludes halogenated alkanes) is 5. The maximum atomic E-state index is 2.52. The maximum Gasteiger partial charge on any atom is 0.0465 e. The number of rotatable bonds is 11. The first-order valence-electron chi connectivity index (χ1n) is 18.8. The van der Waals surface area contributed by atoms with Gasteiger partial charge in [0.1, 0.15) is 0 Å². The van der Waals surface area contributed by atoms with Crippen LogP contribution in [0.2, 0.25) is 0 Å². The van der Waals surface area contributed by atoms with Gasteiger partial charge in [-0.3, -0.25) is 0 Å². The highest BCUT2D eigenvalue weighted by Gasteiger charge is 2.40. The van der Waals surface area contributed by atoms with E-state index >= 15 is 0 Å². The normalized spacial score (nSPS) is 16.4. The summed E-state index contributed by atoms with van der Waals surface area (Å²) in [5, 5.41) is 0. The first kappa shape index (κ1) is 32.3. The van der Waals surface area contributed by atoms with E-state index in [4.69, 9.17) is 0 Å². The zero-order valence-corrected chi connectivity index (χ0v) is 30.2. The van der Waals surface area contributed by atoms with Crippen LogP contribution in [0.5, 0.6) is 0 Å². The third kappa shape index (κ3) is 5.48. The first-order valence-corrected chi connectivity index (χ1v) is 18.8. The molecule has 2 aliphatic carbocycles. The van der Waals surface area contributed by atoms with Crippen molar-refractivity contribution in [3.05, 3.63) is 162 Å². The van der Waals surface area contributed by atoms with Crippen molar-refractivity contribution < 1.29 is 0 Å². The lowest BCUT2D eigenvalue weighted by Gasteiger charge is -2.31. The highest BCUT2D eigenvalue weighted by Crippen LogP contribution is 2.54. The number of hydrogen-bond donors (Lipinski definition) is 0. The average molecular weight is 652 g/mol. The van der Waals surface area contributed by atoms with Crippen LogP contribution in [0.15, 0.2) is 140 Å². The molecule has 0 saturated heterocycles. The van der Waals surface area contributed by atoms with Crippen LogP contribution in [0, 0.1) is 0 Å². The van der Waals surface area contributed by atoms with E-state index in [1.165, 1.54) is 118 Å². The Balaban J connectivity index is 1.23. The number of nitrogens with zero attached hydrogens (tertiary/aromatic N) is 1. The van der Waals surface area contributed by atoms with Crippen LogP contribution in [0.1, 0.15) is 94.9 Å².